The standard InChI is InChI=1S/C19H21N5O/c1-14-12-15(2)24(22-14)19-9-8-18(20-21-19)23-10-11-25-17(13-23)16-6-4-3-5-7-16/h3-9,12,17H,10-11,13H2,1-2H3/t17-/m0/s1. The molecule has 128 valence electrons. The first-order valence-corrected chi connectivity index (χ1v) is 8.49. The van der Waals surface area contributed by atoms with Gasteiger partial charge in [-0.25, -0.2) is 4.68 Å². The molecule has 0 spiro atoms. The van der Waals surface area contributed by atoms with Crippen LogP contribution in [0.25, 0.3) is 5.82 Å². The lowest BCUT2D eigenvalue weighted by Gasteiger charge is -2.33. The van der Waals surface area contributed by atoms with Crippen molar-refractivity contribution in [2.45, 2.75) is 20.0 Å². The molecule has 3 heterocycles. The van der Waals surface area contributed by atoms with Crippen molar-refractivity contribution < 1.29 is 4.74 Å². The van der Waals surface area contributed by atoms with E-state index in [0.717, 1.165) is 36.1 Å². The minimum atomic E-state index is 0.0624. The number of hydrogen-bond donors (Lipinski definition) is 0. The first-order valence-electron chi connectivity index (χ1n) is 8.49. The number of hydrogen-bond acceptors (Lipinski definition) is 5. The van der Waals surface area contributed by atoms with Crippen molar-refractivity contribution in [3.63, 3.8) is 0 Å². The number of morpholine rings is 1. The summed E-state index contributed by atoms with van der Waals surface area (Å²) in [4.78, 5) is 2.22. The predicted molar refractivity (Wildman–Crippen MR) is 96.0 cm³/mol. The lowest BCUT2D eigenvalue weighted by Crippen LogP contribution is -2.39. The van der Waals surface area contributed by atoms with E-state index in [2.05, 4.69) is 32.3 Å². The van der Waals surface area contributed by atoms with Gasteiger partial charge in [-0.15, -0.1) is 10.2 Å². The van der Waals surface area contributed by atoms with Gasteiger partial charge < -0.3 is 9.64 Å². The minimum absolute atomic E-state index is 0.0624. The number of anilines is 1. The highest BCUT2D eigenvalue weighted by Gasteiger charge is 2.23. The van der Waals surface area contributed by atoms with E-state index in [9.17, 15) is 0 Å². The van der Waals surface area contributed by atoms with Crippen molar-refractivity contribution in [3.05, 3.63) is 65.5 Å². The molecule has 4 rings (SSSR count). The molecule has 1 fully saturated rings. The second-order valence-electron chi connectivity index (χ2n) is 6.30. The third-order valence-corrected chi connectivity index (χ3v) is 4.42. The summed E-state index contributed by atoms with van der Waals surface area (Å²) in [6.07, 6.45) is 0.0624. The molecule has 1 saturated heterocycles. The Morgan fingerprint density at radius 3 is 2.44 bits per heavy atom. The van der Waals surface area contributed by atoms with Crippen molar-refractivity contribution in [2.75, 3.05) is 24.6 Å². The van der Waals surface area contributed by atoms with Crippen molar-refractivity contribution in [1.29, 1.82) is 0 Å². The van der Waals surface area contributed by atoms with Crippen LogP contribution >= 0.6 is 0 Å². The molecule has 6 nitrogen and oxygen atoms in total. The zero-order valence-corrected chi connectivity index (χ0v) is 14.5. The van der Waals surface area contributed by atoms with E-state index in [1.165, 1.54) is 5.56 Å². The molecule has 0 N–H and O–H groups in total. The second-order valence-corrected chi connectivity index (χ2v) is 6.30. The molecule has 1 aromatic carbocycles. The Hall–Kier alpha value is -2.73. The summed E-state index contributed by atoms with van der Waals surface area (Å²) in [6.45, 7) is 6.26. The average molecular weight is 335 g/mol. The second kappa shape index (κ2) is 6.64. The van der Waals surface area contributed by atoms with Crippen LogP contribution in [0.5, 0.6) is 0 Å². The van der Waals surface area contributed by atoms with E-state index in [-0.39, 0.29) is 6.10 Å². The van der Waals surface area contributed by atoms with Gasteiger partial charge in [-0.05, 0) is 37.6 Å². The van der Waals surface area contributed by atoms with Crippen LogP contribution in [0.15, 0.2) is 48.5 Å². The van der Waals surface area contributed by atoms with Crippen molar-refractivity contribution >= 4 is 5.82 Å². The highest BCUT2D eigenvalue weighted by molar-refractivity contribution is 5.41. The Kier molecular flexibility index (Phi) is 4.19. The highest BCUT2D eigenvalue weighted by atomic mass is 16.5. The Morgan fingerprint density at radius 2 is 1.76 bits per heavy atom. The summed E-state index contributed by atoms with van der Waals surface area (Å²) in [5, 5.41) is 13.2. The number of aryl methyl sites for hydroxylation is 2. The third-order valence-electron chi connectivity index (χ3n) is 4.42. The molecule has 1 aliphatic rings. The molecule has 1 atom stereocenters. The first-order chi connectivity index (χ1) is 12.2. The largest absolute Gasteiger partial charge is 0.370 e. The van der Waals surface area contributed by atoms with Gasteiger partial charge in [0, 0.05) is 18.8 Å². The number of nitrogens with zero attached hydrogens (tertiary/aromatic N) is 5. The average Bonchev–Trinajstić information content (AvgIpc) is 3.01. The van der Waals surface area contributed by atoms with Crippen molar-refractivity contribution in [2.24, 2.45) is 0 Å². The summed E-state index contributed by atoms with van der Waals surface area (Å²) in [6, 6.07) is 16.3. The van der Waals surface area contributed by atoms with Gasteiger partial charge in [0.15, 0.2) is 11.6 Å². The quantitative estimate of drug-likeness (QED) is 0.737. The topological polar surface area (TPSA) is 56.1 Å². The Morgan fingerprint density at radius 1 is 1.00 bits per heavy atom. The van der Waals surface area contributed by atoms with Gasteiger partial charge in [0.25, 0.3) is 0 Å². The summed E-state index contributed by atoms with van der Waals surface area (Å²) in [5.74, 6) is 1.61. The molecule has 0 amide bonds. The van der Waals surface area contributed by atoms with Gasteiger partial charge in [0.2, 0.25) is 0 Å². The van der Waals surface area contributed by atoms with Gasteiger partial charge in [0.1, 0.15) is 6.10 Å². The van der Waals surface area contributed by atoms with Crippen LogP contribution in [0.1, 0.15) is 23.1 Å². The summed E-state index contributed by atoms with van der Waals surface area (Å²) >= 11 is 0. The van der Waals surface area contributed by atoms with Crippen LogP contribution in [0, 0.1) is 13.8 Å². The van der Waals surface area contributed by atoms with Gasteiger partial charge in [-0.3, -0.25) is 0 Å². The smallest absolute Gasteiger partial charge is 0.176 e. The SMILES string of the molecule is Cc1cc(C)n(-c2ccc(N3CCO[C@H](c4ccccc4)C3)nn2)n1. The van der Waals surface area contributed by atoms with E-state index in [1.54, 1.807) is 0 Å². The molecular weight excluding hydrogens is 314 g/mol. The van der Waals surface area contributed by atoms with Crippen LogP contribution in [0.4, 0.5) is 5.82 Å². The third kappa shape index (κ3) is 3.25. The van der Waals surface area contributed by atoms with Gasteiger partial charge in [-0.2, -0.15) is 5.10 Å². The van der Waals surface area contributed by atoms with Crippen LogP contribution in [-0.2, 0) is 4.74 Å². The van der Waals surface area contributed by atoms with E-state index >= 15 is 0 Å². The first kappa shape index (κ1) is 15.8. The van der Waals surface area contributed by atoms with E-state index in [1.807, 2.05) is 54.9 Å². The lowest BCUT2D eigenvalue weighted by atomic mass is 10.1. The van der Waals surface area contributed by atoms with Gasteiger partial charge >= 0.3 is 0 Å². The number of rotatable bonds is 3. The minimum Gasteiger partial charge on any atom is -0.370 e. The monoisotopic (exact) mass is 335 g/mol. The molecule has 3 aromatic rings. The maximum Gasteiger partial charge on any atom is 0.176 e. The van der Waals surface area contributed by atoms with Crippen LogP contribution < -0.4 is 4.90 Å². The zero-order chi connectivity index (χ0) is 17.2. The maximum absolute atomic E-state index is 5.92. The Balaban J connectivity index is 1.53. The molecule has 0 bridgehead atoms. The lowest BCUT2D eigenvalue weighted by molar-refractivity contribution is 0.0395. The van der Waals surface area contributed by atoms with Crippen molar-refractivity contribution in [1.82, 2.24) is 20.0 Å². The molecule has 2 aromatic heterocycles. The Labute approximate surface area is 147 Å². The molecule has 0 radical (unpaired) electrons. The summed E-state index contributed by atoms with van der Waals surface area (Å²) < 4.78 is 7.74. The predicted octanol–water partition coefficient (Wildman–Crippen LogP) is 2.86. The fourth-order valence-electron chi connectivity index (χ4n) is 3.19. The van der Waals surface area contributed by atoms with E-state index in [0.29, 0.717) is 6.61 Å². The Bertz CT molecular complexity index is 844. The molecule has 0 saturated carbocycles. The normalized spacial score (nSPS) is 17.7. The fourth-order valence-corrected chi connectivity index (χ4v) is 3.19. The van der Waals surface area contributed by atoms with Gasteiger partial charge in [-0.1, -0.05) is 30.3 Å². The fraction of sp³-hybridized carbons (Fsp3) is 0.316. The summed E-state index contributed by atoms with van der Waals surface area (Å²) in [7, 11) is 0. The van der Waals surface area contributed by atoms with Crippen LogP contribution in [-0.4, -0.2) is 39.7 Å². The number of aromatic nitrogens is 4. The van der Waals surface area contributed by atoms with Gasteiger partial charge in [0.05, 0.1) is 12.3 Å². The molecule has 1 aliphatic heterocycles. The molecular formula is C19H21N5O. The zero-order valence-electron chi connectivity index (χ0n) is 14.5. The number of benzene rings is 1. The van der Waals surface area contributed by atoms with E-state index < -0.39 is 0 Å². The molecule has 0 unspecified atom stereocenters. The van der Waals surface area contributed by atoms with Crippen molar-refractivity contribution in [3.8, 4) is 5.82 Å². The molecule has 6 heteroatoms. The molecule has 25 heavy (non-hydrogen) atoms. The summed E-state index contributed by atoms with van der Waals surface area (Å²) in [5.41, 5.74) is 3.22. The van der Waals surface area contributed by atoms with Crippen LogP contribution in [0.2, 0.25) is 0 Å². The maximum atomic E-state index is 5.92. The highest BCUT2D eigenvalue weighted by Crippen LogP contribution is 2.25. The van der Waals surface area contributed by atoms with E-state index in [4.69, 9.17) is 4.74 Å². The molecule has 0 aliphatic carbocycles. The number of ether oxygens (including phenoxy) is 1. The van der Waals surface area contributed by atoms with Crippen LogP contribution in [0.3, 0.4) is 0 Å².